The first kappa shape index (κ1) is 16.7. The van der Waals surface area contributed by atoms with Crippen LogP contribution in [-0.4, -0.2) is 48.9 Å². The molecule has 26 heavy (non-hydrogen) atoms. The van der Waals surface area contributed by atoms with Crippen molar-refractivity contribution in [3.8, 4) is 0 Å². The summed E-state index contributed by atoms with van der Waals surface area (Å²) in [7, 11) is 2.14. The summed E-state index contributed by atoms with van der Waals surface area (Å²) in [5.41, 5.74) is 3.35. The average molecular weight is 345 g/mol. The number of likely N-dealkylation sites (N-methyl/N-ethyl adjacent to an activating group) is 1. The van der Waals surface area contributed by atoms with E-state index in [0.717, 1.165) is 59.6 Å². The number of rotatable bonds is 3. The molecule has 1 aliphatic heterocycles. The zero-order valence-electron chi connectivity index (χ0n) is 15.3. The molecule has 1 aromatic heterocycles. The van der Waals surface area contributed by atoms with Crippen molar-refractivity contribution in [2.45, 2.75) is 6.92 Å². The maximum absolute atomic E-state index is 13.3. The summed E-state index contributed by atoms with van der Waals surface area (Å²) in [5, 5.41) is 0.928. The van der Waals surface area contributed by atoms with E-state index in [4.69, 9.17) is 4.98 Å². The number of piperazine rings is 1. The first-order chi connectivity index (χ1) is 12.6. The summed E-state index contributed by atoms with van der Waals surface area (Å²) < 4.78 is 0. The molecule has 132 valence electrons. The first-order valence-electron chi connectivity index (χ1n) is 9.08. The molecule has 4 nitrogen and oxygen atoms in total. The van der Waals surface area contributed by atoms with Crippen LogP contribution in [-0.2, 0) is 0 Å². The van der Waals surface area contributed by atoms with Crippen molar-refractivity contribution in [3.63, 3.8) is 0 Å². The summed E-state index contributed by atoms with van der Waals surface area (Å²) in [6, 6.07) is 17.5. The van der Waals surface area contributed by atoms with Crippen LogP contribution in [0.5, 0.6) is 0 Å². The van der Waals surface area contributed by atoms with Crippen molar-refractivity contribution >= 4 is 22.5 Å². The van der Waals surface area contributed by atoms with E-state index in [1.165, 1.54) is 0 Å². The van der Waals surface area contributed by atoms with Gasteiger partial charge in [-0.2, -0.15) is 0 Å². The second-order valence-electron chi connectivity index (χ2n) is 6.94. The molecule has 0 saturated carbocycles. The fourth-order valence-corrected chi connectivity index (χ4v) is 3.65. The Morgan fingerprint density at radius 2 is 1.58 bits per heavy atom. The van der Waals surface area contributed by atoms with Crippen LogP contribution in [0.25, 0.3) is 10.9 Å². The molecule has 0 amide bonds. The smallest absolute Gasteiger partial charge is 0.194 e. The monoisotopic (exact) mass is 345 g/mol. The second-order valence-corrected chi connectivity index (χ2v) is 6.94. The Morgan fingerprint density at radius 1 is 0.923 bits per heavy atom. The van der Waals surface area contributed by atoms with E-state index in [1.54, 1.807) is 0 Å². The minimum absolute atomic E-state index is 0.0667. The summed E-state index contributed by atoms with van der Waals surface area (Å²) in [6.07, 6.45) is 0. The number of benzene rings is 2. The lowest BCUT2D eigenvalue weighted by Crippen LogP contribution is -2.45. The fraction of sp³-hybridized carbons (Fsp3) is 0.273. The number of carbonyl (C=O) groups excluding carboxylic acids is 1. The van der Waals surface area contributed by atoms with Gasteiger partial charge in [-0.05, 0) is 20.0 Å². The number of pyridine rings is 1. The second kappa shape index (κ2) is 6.89. The van der Waals surface area contributed by atoms with E-state index in [-0.39, 0.29) is 5.78 Å². The molecule has 0 N–H and O–H groups in total. The van der Waals surface area contributed by atoms with Gasteiger partial charge < -0.3 is 9.80 Å². The largest absolute Gasteiger partial charge is 0.354 e. The van der Waals surface area contributed by atoms with Crippen molar-refractivity contribution in [2.75, 3.05) is 38.1 Å². The highest BCUT2D eigenvalue weighted by molar-refractivity contribution is 6.17. The highest BCUT2D eigenvalue weighted by Gasteiger charge is 2.23. The van der Waals surface area contributed by atoms with E-state index >= 15 is 0 Å². The van der Waals surface area contributed by atoms with Crippen molar-refractivity contribution in [2.24, 2.45) is 0 Å². The van der Waals surface area contributed by atoms with Crippen LogP contribution in [0.4, 0.5) is 5.82 Å². The van der Waals surface area contributed by atoms with Gasteiger partial charge in [-0.3, -0.25) is 4.79 Å². The zero-order chi connectivity index (χ0) is 18.1. The van der Waals surface area contributed by atoms with Crippen LogP contribution < -0.4 is 4.90 Å². The number of para-hydroxylation sites is 1. The molecule has 0 aliphatic carbocycles. The maximum atomic E-state index is 13.3. The number of nitrogens with zero attached hydrogens (tertiary/aromatic N) is 3. The lowest BCUT2D eigenvalue weighted by Gasteiger charge is -2.34. The van der Waals surface area contributed by atoms with E-state index < -0.39 is 0 Å². The molecule has 0 atom stereocenters. The SMILES string of the molecule is Cc1c(N2CCN(C)CC2)nc2ccccc2c1C(=O)c1ccccc1. The summed E-state index contributed by atoms with van der Waals surface area (Å²) in [5.74, 6) is 1.01. The molecule has 1 aliphatic rings. The van der Waals surface area contributed by atoms with Gasteiger partial charge in [0.2, 0.25) is 0 Å². The lowest BCUT2D eigenvalue weighted by atomic mass is 9.95. The van der Waals surface area contributed by atoms with E-state index in [0.29, 0.717) is 0 Å². The van der Waals surface area contributed by atoms with Gasteiger partial charge in [-0.15, -0.1) is 0 Å². The number of hydrogen-bond donors (Lipinski definition) is 0. The molecular formula is C22H23N3O. The predicted octanol–water partition coefficient (Wildman–Crippen LogP) is 3.53. The Labute approximate surface area is 154 Å². The van der Waals surface area contributed by atoms with Crippen LogP contribution in [0.2, 0.25) is 0 Å². The van der Waals surface area contributed by atoms with Crippen molar-refractivity contribution < 1.29 is 4.79 Å². The first-order valence-corrected chi connectivity index (χ1v) is 9.08. The van der Waals surface area contributed by atoms with Crippen LogP contribution in [0.3, 0.4) is 0 Å². The van der Waals surface area contributed by atoms with Gasteiger partial charge in [0.25, 0.3) is 0 Å². The molecule has 1 saturated heterocycles. The third kappa shape index (κ3) is 2.97. The van der Waals surface area contributed by atoms with Gasteiger partial charge in [0, 0.05) is 48.3 Å². The van der Waals surface area contributed by atoms with E-state index in [1.807, 2.05) is 61.5 Å². The Hall–Kier alpha value is -2.72. The van der Waals surface area contributed by atoms with E-state index in [9.17, 15) is 4.79 Å². The number of anilines is 1. The molecule has 0 unspecified atom stereocenters. The predicted molar refractivity (Wildman–Crippen MR) is 106 cm³/mol. The number of carbonyl (C=O) groups is 1. The molecule has 0 bridgehead atoms. The maximum Gasteiger partial charge on any atom is 0.194 e. The van der Waals surface area contributed by atoms with E-state index in [2.05, 4.69) is 16.8 Å². The number of ketones is 1. The molecule has 0 radical (unpaired) electrons. The van der Waals surface area contributed by atoms with Gasteiger partial charge >= 0.3 is 0 Å². The third-order valence-electron chi connectivity index (χ3n) is 5.18. The van der Waals surface area contributed by atoms with Gasteiger partial charge in [0.15, 0.2) is 5.78 Å². The molecule has 1 fully saturated rings. The molecule has 0 spiro atoms. The summed E-state index contributed by atoms with van der Waals surface area (Å²) in [6.45, 7) is 5.92. The summed E-state index contributed by atoms with van der Waals surface area (Å²) in [4.78, 5) is 22.9. The Kier molecular flexibility index (Phi) is 4.43. The zero-order valence-corrected chi connectivity index (χ0v) is 15.3. The molecular weight excluding hydrogens is 322 g/mol. The molecule has 2 aromatic carbocycles. The number of aromatic nitrogens is 1. The number of hydrogen-bond acceptors (Lipinski definition) is 4. The van der Waals surface area contributed by atoms with Crippen molar-refractivity contribution in [1.82, 2.24) is 9.88 Å². The standard InChI is InChI=1S/C22H23N3O/c1-16-20(21(26)17-8-4-3-5-9-17)18-10-6-7-11-19(18)23-22(16)25-14-12-24(2)13-15-25/h3-11H,12-15H2,1-2H3. The van der Waals surface area contributed by atoms with Crippen LogP contribution in [0.15, 0.2) is 54.6 Å². The van der Waals surface area contributed by atoms with Crippen LogP contribution >= 0.6 is 0 Å². The average Bonchev–Trinajstić information content (AvgIpc) is 2.68. The lowest BCUT2D eigenvalue weighted by molar-refractivity contribution is 0.103. The molecule has 2 heterocycles. The Bertz CT molecular complexity index is 944. The Balaban J connectivity index is 1.88. The van der Waals surface area contributed by atoms with Crippen molar-refractivity contribution in [3.05, 3.63) is 71.3 Å². The van der Waals surface area contributed by atoms with Crippen molar-refractivity contribution in [1.29, 1.82) is 0 Å². The normalized spacial score (nSPS) is 15.4. The van der Waals surface area contributed by atoms with Gasteiger partial charge in [0.05, 0.1) is 5.52 Å². The highest BCUT2D eigenvalue weighted by atomic mass is 16.1. The quantitative estimate of drug-likeness (QED) is 0.681. The fourth-order valence-electron chi connectivity index (χ4n) is 3.65. The topological polar surface area (TPSA) is 36.4 Å². The number of fused-ring (bicyclic) bond motifs is 1. The summed E-state index contributed by atoms with van der Waals surface area (Å²) >= 11 is 0. The molecule has 4 heteroatoms. The van der Waals surface area contributed by atoms with Crippen LogP contribution in [0.1, 0.15) is 21.5 Å². The van der Waals surface area contributed by atoms with Gasteiger partial charge in [-0.1, -0.05) is 48.5 Å². The third-order valence-corrected chi connectivity index (χ3v) is 5.18. The molecule has 4 rings (SSSR count). The minimum atomic E-state index is 0.0667. The van der Waals surface area contributed by atoms with Gasteiger partial charge in [0.1, 0.15) is 5.82 Å². The molecule has 3 aromatic rings. The van der Waals surface area contributed by atoms with Crippen LogP contribution in [0, 0.1) is 6.92 Å². The highest BCUT2D eigenvalue weighted by Crippen LogP contribution is 2.30. The van der Waals surface area contributed by atoms with Gasteiger partial charge in [-0.25, -0.2) is 4.98 Å². The minimum Gasteiger partial charge on any atom is -0.354 e. The Morgan fingerprint density at radius 3 is 2.31 bits per heavy atom.